The molecule has 0 unspecified atom stereocenters. The van der Waals surface area contributed by atoms with Crippen molar-refractivity contribution >= 4 is 17.4 Å². The van der Waals surface area contributed by atoms with E-state index in [4.69, 9.17) is 21.1 Å². The quantitative estimate of drug-likeness (QED) is 0.780. The zero-order chi connectivity index (χ0) is 15.4. The number of aryl methyl sites for hydroxylation is 1. The number of rotatable bonds is 5. The summed E-state index contributed by atoms with van der Waals surface area (Å²) in [6.07, 6.45) is 0.292. The summed E-state index contributed by atoms with van der Waals surface area (Å²) in [5.41, 5.74) is 2.46. The van der Waals surface area contributed by atoms with Crippen molar-refractivity contribution in [2.24, 2.45) is 0 Å². The second kappa shape index (κ2) is 6.64. The molecular formula is C17H17ClO3. The minimum absolute atomic E-state index is 0.0211. The molecule has 0 aliphatic heterocycles. The van der Waals surface area contributed by atoms with Gasteiger partial charge >= 0.3 is 0 Å². The number of methoxy groups -OCH3 is 2. The van der Waals surface area contributed by atoms with Gasteiger partial charge in [0.05, 0.1) is 14.2 Å². The van der Waals surface area contributed by atoms with Crippen LogP contribution >= 0.6 is 11.6 Å². The molecule has 0 N–H and O–H groups in total. The fraction of sp³-hybridized carbons (Fsp3) is 0.235. The molecule has 0 aromatic heterocycles. The normalized spacial score (nSPS) is 10.3. The summed E-state index contributed by atoms with van der Waals surface area (Å²) in [4.78, 5) is 12.3. The van der Waals surface area contributed by atoms with Crippen molar-refractivity contribution in [2.45, 2.75) is 13.3 Å². The fourth-order valence-corrected chi connectivity index (χ4v) is 2.47. The molecule has 0 amide bonds. The van der Waals surface area contributed by atoms with E-state index in [1.807, 2.05) is 31.2 Å². The lowest BCUT2D eigenvalue weighted by Gasteiger charge is -2.09. The first kappa shape index (κ1) is 15.4. The highest BCUT2D eigenvalue weighted by molar-refractivity contribution is 6.31. The average molecular weight is 305 g/mol. The first-order valence-corrected chi connectivity index (χ1v) is 6.92. The Morgan fingerprint density at radius 1 is 1.05 bits per heavy atom. The Balaban J connectivity index is 2.23. The Hall–Kier alpha value is -2.00. The van der Waals surface area contributed by atoms with Gasteiger partial charge in [0.2, 0.25) is 0 Å². The Morgan fingerprint density at radius 2 is 1.76 bits per heavy atom. The lowest BCUT2D eigenvalue weighted by Crippen LogP contribution is -2.04. The molecule has 2 rings (SSSR count). The molecule has 0 heterocycles. The Kier molecular flexibility index (Phi) is 4.86. The molecule has 110 valence electrons. The van der Waals surface area contributed by atoms with Gasteiger partial charge in [-0.2, -0.15) is 0 Å². The molecule has 0 aliphatic carbocycles. The van der Waals surface area contributed by atoms with Crippen LogP contribution < -0.4 is 9.47 Å². The van der Waals surface area contributed by atoms with Crippen molar-refractivity contribution in [3.05, 3.63) is 58.1 Å². The van der Waals surface area contributed by atoms with Gasteiger partial charge in [-0.3, -0.25) is 4.79 Å². The number of Topliss-reactive ketones (excluding diaryl/α,β-unsaturated/α-hetero) is 1. The molecule has 0 saturated carbocycles. The molecule has 2 aromatic carbocycles. The molecule has 0 bridgehead atoms. The first-order chi connectivity index (χ1) is 10.0. The molecule has 0 fully saturated rings. The van der Waals surface area contributed by atoms with Gasteiger partial charge in [0.25, 0.3) is 0 Å². The summed E-state index contributed by atoms with van der Waals surface area (Å²) in [6, 6.07) is 10.8. The summed E-state index contributed by atoms with van der Waals surface area (Å²) in [5, 5.41) is 0.575. The van der Waals surface area contributed by atoms with Gasteiger partial charge in [0, 0.05) is 17.0 Å². The highest BCUT2D eigenvalue weighted by Crippen LogP contribution is 2.28. The van der Waals surface area contributed by atoms with Crippen LogP contribution in [0.4, 0.5) is 0 Å². The number of ether oxygens (including phenoxy) is 2. The predicted molar refractivity (Wildman–Crippen MR) is 83.8 cm³/mol. The number of hydrogen-bond donors (Lipinski definition) is 0. The second-order valence-corrected chi connectivity index (χ2v) is 5.24. The SMILES string of the molecule is COc1ccc(CC(=O)c2cc(C)cc(Cl)c2)cc1OC. The monoisotopic (exact) mass is 304 g/mol. The molecule has 0 radical (unpaired) electrons. The van der Waals surface area contributed by atoms with Crippen molar-refractivity contribution in [3.63, 3.8) is 0 Å². The average Bonchev–Trinajstić information content (AvgIpc) is 2.46. The van der Waals surface area contributed by atoms with Crippen molar-refractivity contribution in [3.8, 4) is 11.5 Å². The maximum absolute atomic E-state index is 12.3. The third kappa shape index (κ3) is 3.76. The smallest absolute Gasteiger partial charge is 0.167 e. The van der Waals surface area contributed by atoms with Gasteiger partial charge in [-0.05, 0) is 48.4 Å². The Labute approximate surface area is 129 Å². The summed E-state index contributed by atoms with van der Waals surface area (Å²) in [5.74, 6) is 1.28. The van der Waals surface area contributed by atoms with E-state index in [2.05, 4.69) is 0 Å². The maximum atomic E-state index is 12.3. The maximum Gasteiger partial charge on any atom is 0.167 e. The molecule has 0 aliphatic rings. The number of hydrogen-bond acceptors (Lipinski definition) is 3. The zero-order valence-electron chi connectivity index (χ0n) is 12.3. The van der Waals surface area contributed by atoms with Gasteiger partial charge in [-0.1, -0.05) is 17.7 Å². The highest BCUT2D eigenvalue weighted by atomic mass is 35.5. The predicted octanol–water partition coefficient (Wildman–Crippen LogP) is 4.09. The molecular weight excluding hydrogens is 288 g/mol. The van der Waals surface area contributed by atoms with Crippen molar-refractivity contribution in [1.29, 1.82) is 0 Å². The van der Waals surface area contributed by atoms with E-state index in [9.17, 15) is 4.79 Å². The standard InChI is InChI=1S/C17H17ClO3/c1-11-6-13(10-14(18)7-11)15(19)8-12-4-5-16(20-2)17(9-12)21-3/h4-7,9-10H,8H2,1-3H3. The third-order valence-corrected chi connectivity index (χ3v) is 3.39. The summed E-state index contributed by atoms with van der Waals surface area (Å²) >= 11 is 6.00. The van der Waals surface area contributed by atoms with Crippen LogP contribution in [0.1, 0.15) is 21.5 Å². The Bertz CT molecular complexity index is 645. The summed E-state index contributed by atoms with van der Waals surface area (Å²) in [6.45, 7) is 1.92. The molecule has 3 nitrogen and oxygen atoms in total. The topological polar surface area (TPSA) is 35.5 Å². The van der Waals surface area contributed by atoms with Gasteiger partial charge in [-0.15, -0.1) is 0 Å². The van der Waals surface area contributed by atoms with Crippen molar-refractivity contribution in [2.75, 3.05) is 14.2 Å². The van der Waals surface area contributed by atoms with E-state index < -0.39 is 0 Å². The lowest BCUT2D eigenvalue weighted by atomic mass is 10.0. The number of halogens is 1. The van der Waals surface area contributed by atoms with Crippen LogP contribution in [0.15, 0.2) is 36.4 Å². The van der Waals surface area contributed by atoms with Crippen LogP contribution in [0.25, 0.3) is 0 Å². The number of carbonyl (C=O) groups is 1. The number of carbonyl (C=O) groups excluding carboxylic acids is 1. The van der Waals surface area contributed by atoms with Crippen molar-refractivity contribution in [1.82, 2.24) is 0 Å². The van der Waals surface area contributed by atoms with Gasteiger partial charge < -0.3 is 9.47 Å². The van der Waals surface area contributed by atoms with E-state index in [0.717, 1.165) is 11.1 Å². The third-order valence-electron chi connectivity index (χ3n) is 3.18. The van der Waals surface area contributed by atoms with Crippen LogP contribution in [0.3, 0.4) is 0 Å². The largest absolute Gasteiger partial charge is 0.493 e. The Morgan fingerprint density at radius 3 is 2.38 bits per heavy atom. The van der Waals surface area contributed by atoms with Crippen LogP contribution in [0.5, 0.6) is 11.5 Å². The second-order valence-electron chi connectivity index (χ2n) is 4.81. The van der Waals surface area contributed by atoms with Crippen LogP contribution in [-0.4, -0.2) is 20.0 Å². The molecule has 2 aromatic rings. The fourth-order valence-electron chi connectivity index (χ4n) is 2.18. The van der Waals surface area contributed by atoms with Crippen LogP contribution in [0.2, 0.25) is 5.02 Å². The first-order valence-electron chi connectivity index (χ1n) is 6.55. The zero-order valence-corrected chi connectivity index (χ0v) is 13.0. The van der Waals surface area contributed by atoms with E-state index in [0.29, 0.717) is 28.5 Å². The molecule has 0 saturated heterocycles. The highest BCUT2D eigenvalue weighted by Gasteiger charge is 2.11. The molecule has 0 spiro atoms. The summed E-state index contributed by atoms with van der Waals surface area (Å²) in [7, 11) is 3.15. The van der Waals surface area contributed by atoms with Crippen LogP contribution in [0, 0.1) is 6.92 Å². The van der Waals surface area contributed by atoms with Crippen molar-refractivity contribution < 1.29 is 14.3 Å². The van der Waals surface area contributed by atoms with Gasteiger partial charge in [0.15, 0.2) is 17.3 Å². The molecule has 0 atom stereocenters. The van der Waals surface area contributed by atoms with Gasteiger partial charge in [0.1, 0.15) is 0 Å². The molecule has 21 heavy (non-hydrogen) atoms. The minimum Gasteiger partial charge on any atom is -0.493 e. The van der Waals surface area contributed by atoms with E-state index in [-0.39, 0.29) is 5.78 Å². The number of ketones is 1. The molecule has 4 heteroatoms. The summed E-state index contributed by atoms with van der Waals surface area (Å²) < 4.78 is 10.4. The van der Waals surface area contributed by atoms with E-state index in [1.54, 1.807) is 26.4 Å². The van der Waals surface area contributed by atoms with E-state index in [1.165, 1.54) is 0 Å². The number of benzene rings is 2. The minimum atomic E-state index is 0.0211. The van der Waals surface area contributed by atoms with E-state index >= 15 is 0 Å². The lowest BCUT2D eigenvalue weighted by molar-refractivity contribution is 0.0993. The van der Waals surface area contributed by atoms with Gasteiger partial charge in [-0.25, -0.2) is 0 Å². The van der Waals surface area contributed by atoms with Crippen LogP contribution in [-0.2, 0) is 6.42 Å².